The van der Waals surface area contributed by atoms with Gasteiger partial charge in [0.05, 0.1) is 0 Å². The minimum absolute atomic E-state index is 0.199. The monoisotopic (exact) mass is 313 g/mol. The summed E-state index contributed by atoms with van der Waals surface area (Å²) in [4.78, 5) is 4.23. The van der Waals surface area contributed by atoms with E-state index in [0.717, 1.165) is 30.5 Å². The molecule has 0 radical (unpaired) electrons. The molecule has 1 aromatic carbocycles. The highest BCUT2D eigenvalue weighted by Crippen LogP contribution is 2.19. The summed E-state index contributed by atoms with van der Waals surface area (Å²) in [5.74, 6) is 0.842. The molecule has 1 aromatic rings. The summed E-state index contributed by atoms with van der Waals surface area (Å²) in [6.45, 7) is 6.14. The fourth-order valence-corrected chi connectivity index (χ4v) is 2.04. The summed E-state index contributed by atoms with van der Waals surface area (Å²) in [6, 6.07) is 7.95. The van der Waals surface area contributed by atoms with E-state index in [1.165, 1.54) is 5.56 Å². The van der Waals surface area contributed by atoms with Crippen molar-refractivity contribution in [3.8, 4) is 0 Å². The van der Waals surface area contributed by atoms with Crippen molar-refractivity contribution in [1.82, 2.24) is 10.6 Å². The zero-order valence-corrected chi connectivity index (χ0v) is 14.2. The van der Waals surface area contributed by atoms with Crippen molar-refractivity contribution >= 4 is 29.3 Å². The van der Waals surface area contributed by atoms with Gasteiger partial charge in [0, 0.05) is 29.9 Å². The van der Waals surface area contributed by atoms with Gasteiger partial charge in [-0.2, -0.15) is 11.8 Å². The summed E-state index contributed by atoms with van der Waals surface area (Å²) in [6.07, 6.45) is 3.05. The fraction of sp³-hybridized carbons (Fsp3) is 0.533. The Kier molecular flexibility index (Phi) is 7.24. The number of halogens is 1. The van der Waals surface area contributed by atoms with Crippen molar-refractivity contribution < 1.29 is 0 Å². The highest BCUT2D eigenvalue weighted by Gasteiger charge is 2.15. The zero-order chi connectivity index (χ0) is 15.0. The van der Waals surface area contributed by atoms with Crippen LogP contribution in [0.3, 0.4) is 0 Å². The Balaban J connectivity index is 2.35. The maximum absolute atomic E-state index is 5.97. The Bertz CT molecular complexity index is 446. The fourth-order valence-electron chi connectivity index (χ4n) is 1.61. The smallest absolute Gasteiger partial charge is 0.191 e. The van der Waals surface area contributed by atoms with Crippen LogP contribution in [0.25, 0.3) is 0 Å². The molecule has 0 unspecified atom stereocenters. The van der Waals surface area contributed by atoms with E-state index in [1.54, 1.807) is 7.05 Å². The van der Waals surface area contributed by atoms with Gasteiger partial charge in [0.2, 0.25) is 0 Å². The van der Waals surface area contributed by atoms with Crippen LogP contribution in [-0.2, 0) is 6.42 Å². The molecule has 0 heterocycles. The van der Waals surface area contributed by atoms with Crippen molar-refractivity contribution in [2.75, 3.05) is 26.4 Å². The molecule has 3 nitrogen and oxygen atoms in total. The molecule has 0 saturated carbocycles. The molecule has 0 bridgehead atoms. The quantitative estimate of drug-likeness (QED) is 0.625. The molecule has 0 saturated heterocycles. The maximum Gasteiger partial charge on any atom is 0.191 e. The number of nitrogens with one attached hydrogen (secondary N) is 2. The van der Waals surface area contributed by atoms with E-state index >= 15 is 0 Å². The van der Waals surface area contributed by atoms with Gasteiger partial charge in [-0.1, -0.05) is 23.7 Å². The number of nitrogens with zero attached hydrogens (tertiary/aromatic N) is 1. The van der Waals surface area contributed by atoms with Crippen LogP contribution >= 0.6 is 23.4 Å². The molecule has 112 valence electrons. The number of hydrogen-bond acceptors (Lipinski definition) is 2. The Morgan fingerprint density at radius 1 is 1.35 bits per heavy atom. The highest BCUT2D eigenvalue weighted by atomic mass is 35.5. The predicted molar refractivity (Wildman–Crippen MR) is 92.1 cm³/mol. The molecule has 0 spiro atoms. The second-order valence-electron chi connectivity index (χ2n) is 5.20. The van der Waals surface area contributed by atoms with Crippen LogP contribution in [0.4, 0.5) is 0 Å². The lowest BCUT2D eigenvalue weighted by molar-refractivity contribution is 0.664. The van der Waals surface area contributed by atoms with Crippen molar-refractivity contribution in [2.24, 2.45) is 4.99 Å². The van der Waals surface area contributed by atoms with Gasteiger partial charge in [-0.05, 0) is 44.2 Å². The average Bonchev–Trinajstić information content (AvgIpc) is 2.42. The number of benzene rings is 1. The first-order valence-corrected chi connectivity index (χ1v) is 8.31. The molecule has 5 heteroatoms. The zero-order valence-electron chi connectivity index (χ0n) is 12.7. The highest BCUT2D eigenvalue weighted by molar-refractivity contribution is 7.99. The van der Waals surface area contributed by atoms with Crippen LogP contribution in [0.1, 0.15) is 19.4 Å². The third-order valence-corrected chi connectivity index (χ3v) is 4.54. The van der Waals surface area contributed by atoms with Crippen LogP contribution in [-0.4, -0.2) is 37.1 Å². The first-order valence-electron chi connectivity index (χ1n) is 6.71. The van der Waals surface area contributed by atoms with E-state index < -0.39 is 0 Å². The van der Waals surface area contributed by atoms with Gasteiger partial charge >= 0.3 is 0 Å². The Morgan fingerprint density at radius 3 is 2.70 bits per heavy atom. The lowest BCUT2D eigenvalue weighted by atomic mass is 10.1. The molecule has 0 aliphatic rings. The summed E-state index contributed by atoms with van der Waals surface area (Å²) in [7, 11) is 1.79. The third-order valence-electron chi connectivity index (χ3n) is 3.05. The van der Waals surface area contributed by atoms with Gasteiger partial charge in [-0.3, -0.25) is 4.99 Å². The van der Waals surface area contributed by atoms with Crippen molar-refractivity contribution in [1.29, 1.82) is 0 Å². The van der Waals surface area contributed by atoms with E-state index in [-0.39, 0.29) is 4.75 Å². The predicted octanol–water partition coefficient (Wildman–Crippen LogP) is 3.19. The van der Waals surface area contributed by atoms with E-state index in [4.69, 9.17) is 11.6 Å². The number of hydrogen-bond donors (Lipinski definition) is 2. The average molecular weight is 314 g/mol. The second-order valence-corrected chi connectivity index (χ2v) is 7.15. The second kappa shape index (κ2) is 8.42. The van der Waals surface area contributed by atoms with Crippen molar-refractivity contribution in [3.63, 3.8) is 0 Å². The summed E-state index contributed by atoms with van der Waals surface area (Å²) in [5, 5.41) is 7.45. The molecule has 0 fully saturated rings. The molecule has 0 amide bonds. The molecular weight excluding hydrogens is 290 g/mol. The van der Waals surface area contributed by atoms with Gasteiger partial charge in [-0.25, -0.2) is 0 Å². The normalized spacial score (nSPS) is 12.3. The molecule has 1 rings (SSSR count). The Morgan fingerprint density at radius 2 is 2.10 bits per heavy atom. The van der Waals surface area contributed by atoms with E-state index in [0.29, 0.717) is 0 Å². The van der Waals surface area contributed by atoms with Crippen LogP contribution in [0.5, 0.6) is 0 Å². The molecule has 20 heavy (non-hydrogen) atoms. The molecule has 0 aliphatic carbocycles. The standard InChI is InChI=1S/C15H24ClN3S/c1-15(2,20-4)11-19-14(17-3)18-9-8-12-6-5-7-13(16)10-12/h5-7,10H,8-9,11H2,1-4H3,(H2,17,18,19). The van der Waals surface area contributed by atoms with Crippen LogP contribution in [0, 0.1) is 0 Å². The van der Waals surface area contributed by atoms with E-state index in [2.05, 4.69) is 41.8 Å². The number of thioether (sulfide) groups is 1. The summed E-state index contributed by atoms with van der Waals surface area (Å²) < 4.78 is 0.199. The first kappa shape index (κ1) is 17.2. The maximum atomic E-state index is 5.97. The minimum atomic E-state index is 0.199. The molecule has 0 aliphatic heterocycles. The van der Waals surface area contributed by atoms with Gasteiger partial charge in [-0.15, -0.1) is 0 Å². The molecular formula is C15H24ClN3S. The number of rotatable bonds is 6. The molecule has 2 N–H and O–H groups in total. The van der Waals surface area contributed by atoms with Gasteiger partial charge < -0.3 is 10.6 Å². The molecule has 0 atom stereocenters. The van der Waals surface area contributed by atoms with Crippen LogP contribution in [0.15, 0.2) is 29.3 Å². The minimum Gasteiger partial charge on any atom is -0.356 e. The van der Waals surface area contributed by atoms with Crippen LogP contribution < -0.4 is 10.6 Å². The Labute approximate surface area is 131 Å². The Hall–Kier alpha value is -0.870. The van der Waals surface area contributed by atoms with Crippen molar-refractivity contribution in [2.45, 2.75) is 25.0 Å². The number of guanidine groups is 1. The van der Waals surface area contributed by atoms with Gasteiger partial charge in [0.25, 0.3) is 0 Å². The lowest BCUT2D eigenvalue weighted by Crippen LogP contribution is -2.43. The molecule has 0 aromatic heterocycles. The first-order chi connectivity index (χ1) is 9.46. The van der Waals surface area contributed by atoms with Gasteiger partial charge in [0.1, 0.15) is 0 Å². The topological polar surface area (TPSA) is 36.4 Å². The van der Waals surface area contributed by atoms with Gasteiger partial charge in [0.15, 0.2) is 5.96 Å². The van der Waals surface area contributed by atoms with Crippen molar-refractivity contribution in [3.05, 3.63) is 34.9 Å². The largest absolute Gasteiger partial charge is 0.356 e. The van der Waals surface area contributed by atoms with E-state index in [1.807, 2.05) is 30.0 Å². The van der Waals surface area contributed by atoms with Crippen LogP contribution in [0.2, 0.25) is 5.02 Å². The number of aliphatic imine (C=N–C) groups is 1. The summed E-state index contributed by atoms with van der Waals surface area (Å²) >= 11 is 7.81. The van der Waals surface area contributed by atoms with E-state index in [9.17, 15) is 0 Å². The SMILES string of the molecule is CN=C(NCCc1cccc(Cl)c1)NCC(C)(C)SC. The summed E-state index contributed by atoms with van der Waals surface area (Å²) in [5.41, 5.74) is 1.23. The third kappa shape index (κ3) is 6.53. The lowest BCUT2D eigenvalue weighted by Gasteiger charge is -2.23.